The molecule has 12 nitrogen and oxygen atoms in total. The van der Waals surface area contributed by atoms with E-state index in [2.05, 4.69) is 26.3 Å². The van der Waals surface area contributed by atoms with Gasteiger partial charge in [-0.2, -0.15) is 0 Å². The molecular weight excluding hydrogens is 564 g/mol. The lowest BCUT2D eigenvalue weighted by molar-refractivity contribution is -0.146. The van der Waals surface area contributed by atoms with Crippen LogP contribution in [-0.2, 0) is 57.1 Å². The Morgan fingerprint density at radius 2 is 0.581 bits per heavy atom. The van der Waals surface area contributed by atoms with Crippen LogP contribution >= 0.6 is 0 Å². The second-order valence-electron chi connectivity index (χ2n) is 7.20. The van der Waals surface area contributed by atoms with Crippen molar-refractivity contribution in [2.24, 2.45) is 5.41 Å². The van der Waals surface area contributed by atoms with Crippen LogP contribution in [0.5, 0.6) is 0 Å². The van der Waals surface area contributed by atoms with E-state index in [9.17, 15) is 19.2 Å². The second kappa shape index (κ2) is 36.7. The molecule has 0 spiro atoms. The third-order valence-corrected chi connectivity index (χ3v) is 4.19. The van der Waals surface area contributed by atoms with E-state index in [1.165, 1.54) is 0 Å². The molecule has 0 aliphatic heterocycles. The first-order valence-corrected chi connectivity index (χ1v) is 11.3. The quantitative estimate of drug-likeness (QED) is 0.0632. The van der Waals surface area contributed by atoms with E-state index in [0.717, 1.165) is 24.3 Å². The largest absolute Gasteiger partial charge is 0.460 e. The molecule has 0 aromatic heterocycles. The predicted molar refractivity (Wildman–Crippen MR) is 171 cm³/mol. The van der Waals surface area contributed by atoms with Gasteiger partial charge in [-0.15, -0.1) is 0 Å². The first-order chi connectivity index (χ1) is 17.8. The smallest absolute Gasteiger partial charge is 0.330 e. The Bertz CT molecular complexity index is 624. The summed E-state index contributed by atoms with van der Waals surface area (Å²) in [5, 5.41) is 0. The predicted octanol–water partition coefficient (Wildman–Crippen LogP) is 4.77. The Balaban J connectivity index is -0.000000432. The Kier molecular flexibility index (Phi) is 47.5. The SMILES string of the molecule is C.C.C.C.C.C.C=CC(=O)OCCOCC(COCCOC(=O)C=C)(COCCOC(=O)C=C)COCCOC(=O)C=C. The van der Waals surface area contributed by atoms with Crippen molar-refractivity contribution in [1.29, 1.82) is 0 Å². The minimum absolute atomic E-state index is 0. The Morgan fingerprint density at radius 3 is 0.744 bits per heavy atom. The average Bonchev–Trinajstić information content (AvgIpc) is 2.91. The number of carbonyl (C=O) groups excluding carboxylic acids is 4. The number of ether oxygens (including phenoxy) is 8. The molecule has 0 saturated heterocycles. The van der Waals surface area contributed by atoms with Crippen LogP contribution < -0.4 is 0 Å². The van der Waals surface area contributed by atoms with Gasteiger partial charge in [0.2, 0.25) is 0 Å². The maximum absolute atomic E-state index is 11.2. The number of carbonyl (C=O) groups is 4. The van der Waals surface area contributed by atoms with E-state index < -0.39 is 29.3 Å². The number of esters is 4. The molecule has 0 radical (unpaired) electrons. The summed E-state index contributed by atoms with van der Waals surface area (Å²) in [6.07, 6.45) is 4.16. The molecular formula is C31H60O12. The van der Waals surface area contributed by atoms with Crippen molar-refractivity contribution in [2.45, 2.75) is 44.6 Å². The zero-order valence-corrected chi connectivity index (χ0v) is 21.0. The van der Waals surface area contributed by atoms with Crippen LogP contribution in [0, 0.1) is 5.41 Å². The fourth-order valence-electron chi connectivity index (χ4n) is 2.45. The van der Waals surface area contributed by atoms with Crippen LogP contribution in [0.4, 0.5) is 0 Å². The van der Waals surface area contributed by atoms with E-state index >= 15 is 0 Å². The summed E-state index contributed by atoms with van der Waals surface area (Å²) in [6.45, 7) is 13.8. The normalized spacial score (nSPS) is 9.12. The second-order valence-corrected chi connectivity index (χ2v) is 7.20. The highest BCUT2D eigenvalue weighted by atomic mass is 16.6. The van der Waals surface area contributed by atoms with Gasteiger partial charge in [-0.05, 0) is 0 Å². The van der Waals surface area contributed by atoms with Crippen molar-refractivity contribution in [3.05, 3.63) is 50.6 Å². The Hall–Kier alpha value is -3.32. The zero-order valence-electron chi connectivity index (χ0n) is 21.0. The van der Waals surface area contributed by atoms with Gasteiger partial charge in [-0.25, -0.2) is 19.2 Å². The minimum atomic E-state index is -0.879. The standard InChI is InChI=1S/C25H36O12.6CH4/c1-5-21(26)34-13-9-30-17-25(18-31-10-14-35-22(27)6-2,19-32-11-15-36-23(28)7-3)20-33-12-16-37-24(29)8-4;;;;;;/h5-8H,1-4,9-20H2;6*1H4. The molecule has 256 valence electrons. The molecule has 0 saturated carbocycles. The first-order valence-electron chi connectivity index (χ1n) is 11.3. The lowest BCUT2D eigenvalue weighted by Gasteiger charge is -2.33. The molecule has 0 N–H and O–H groups in total. The highest BCUT2D eigenvalue weighted by molar-refractivity contribution is 5.82. The van der Waals surface area contributed by atoms with Crippen molar-refractivity contribution in [2.75, 3.05) is 79.3 Å². The zero-order chi connectivity index (χ0) is 27.8. The monoisotopic (exact) mass is 624 g/mol. The van der Waals surface area contributed by atoms with Crippen LogP contribution in [0.25, 0.3) is 0 Å². The van der Waals surface area contributed by atoms with Crippen molar-refractivity contribution in [3.8, 4) is 0 Å². The van der Waals surface area contributed by atoms with Gasteiger partial charge < -0.3 is 37.9 Å². The molecule has 43 heavy (non-hydrogen) atoms. The van der Waals surface area contributed by atoms with E-state index in [1.807, 2.05) is 0 Å². The van der Waals surface area contributed by atoms with Gasteiger partial charge in [0.15, 0.2) is 0 Å². The van der Waals surface area contributed by atoms with Crippen LogP contribution in [-0.4, -0.2) is 103 Å². The van der Waals surface area contributed by atoms with Crippen LogP contribution in [0.3, 0.4) is 0 Å². The molecule has 0 aliphatic carbocycles. The van der Waals surface area contributed by atoms with Gasteiger partial charge in [0, 0.05) is 24.3 Å². The molecule has 0 fully saturated rings. The molecule has 0 rings (SSSR count). The summed E-state index contributed by atoms with van der Waals surface area (Å²) in [4.78, 5) is 44.8. The number of rotatable bonds is 24. The highest BCUT2D eigenvalue weighted by Crippen LogP contribution is 2.21. The van der Waals surface area contributed by atoms with E-state index in [4.69, 9.17) is 37.9 Å². The molecule has 0 bridgehead atoms. The van der Waals surface area contributed by atoms with E-state index in [-0.39, 0.29) is 124 Å². The van der Waals surface area contributed by atoms with Gasteiger partial charge in [0.05, 0.1) is 58.3 Å². The average molecular weight is 625 g/mol. The summed E-state index contributed by atoms with van der Waals surface area (Å²) in [7, 11) is 0. The minimum Gasteiger partial charge on any atom is -0.460 e. The fraction of sp³-hybridized carbons (Fsp3) is 0.613. The van der Waals surface area contributed by atoms with Gasteiger partial charge in [-0.1, -0.05) is 70.9 Å². The fourth-order valence-corrected chi connectivity index (χ4v) is 2.45. The maximum Gasteiger partial charge on any atom is 0.330 e. The molecule has 12 heteroatoms. The third-order valence-electron chi connectivity index (χ3n) is 4.19. The third kappa shape index (κ3) is 31.4. The highest BCUT2D eigenvalue weighted by Gasteiger charge is 2.33. The molecule has 0 unspecified atom stereocenters. The first kappa shape index (κ1) is 55.6. The van der Waals surface area contributed by atoms with E-state index in [0.29, 0.717) is 0 Å². The Labute approximate surface area is 261 Å². The summed E-state index contributed by atoms with van der Waals surface area (Å²) in [5.41, 5.74) is -0.879. The maximum atomic E-state index is 11.2. The molecule has 0 heterocycles. The van der Waals surface area contributed by atoms with Crippen molar-refractivity contribution >= 4 is 23.9 Å². The Morgan fingerprint density at radius 1 is 0.395 bits per heavy atom. The van der Waals surface area contributed by atoms with Crippen molar-refractivity contribution in [3.63, 3.8) is 0 Å². The van der Waals surface area contributed by atoms with Gasteiger partial charge in [-0.3, -0.25) is 0 Å². The van der Waals surface area contributed by atoms with Crippen LogP contribution in [0.1, 0.15) is 44.6 Å². The van der Waals surface area contributed by atoms with Gasteiger partial charge >= 0.3 is 23.9 Å². The molecule has 0 aromatic carbocycles. The van der Waals surface area contributed by atoms with Crippen LogP contribution in [0.2, 0.25) is 0 Å². The summed E-state index contributed by atoms with van der Waals surface area (Å²) >= 11 is 0. The van der Waals surface area contributed by atoms with Crippen molar-refractivity contribution in [1.82, 2.24) is 0 Å². The number of hydrogen-bond acceptors (Lipinski definition) is 12. The van der Waals surface area contributed by atoms with Gasteiger partial charge in [0.1, 0.15) is 26.4 Å². The summed E-state index contributed by atoms with van der Waals surface area (Å²) < 4.78 is 42.3. The number of hydrogen-bond donors (Lipinski definition) is 0. The van der Waals surface area contributed by atoms with Gasteiger partial charge in [0.25, 0.3) is 0 Å². The molecule has 0 aliphatic rings. The van der Waals surface area contributed by atoms with Crippen molar-refractivity contribution < 1.29 is 57.1 Å². The summed E-state index contributed by atoms with van der Waals surface area (Å²) in [5.74, 6) is -2.33. The van der Waals surface area contributed by atoms with E-state index in [1.54, 1.807) is 0 Å². The lowest BCUT2D eigenvalue weighted by atomic mass is 9.92. The molecule has 0 aromatic rings. The molecule has 0 atom stereocenters. The van der Waals surface area contributed by atoms with Crippen LogP contribution in [0.15, 0.2) is 50.6 Å². The lowest BCUT2D eigenvalue weighted by Crippen LogP contribution is -2.43. The molecule has 0 amide bonds. The summed E-state index contributed by atoms with van der Waals surface area (Å²) in [6, 6.07) is 0. The topological polar surface area (TPSA) is 142 Å².